The Morgan fingerprint density at radius 2 is 1.82 bits per heavy atom. The summed E-state index contributed by atoms with van der Waals surface area (Å²) in [6.07, 6.45) is -8.43. The van der Waals surface area contributed by atoms with Crippen LogP contribution in [0.2, 0.25) is 0 Å². The van der Waals surface area contributed by atoms with E-state index in [1.54, 1.807) is 19.2 Å². The molecule has 1 aliphatic heterocycles. The average Bonchev–Trinajstić information content (AvgIpc) is 3.15. The lowest BCUT2D eigenvalue weighted by molar-refractivity contribution is -0.142. The first-order chi connectivity index (χ1) is 15.9. The molecule has 0 amide bonds. The fourth-order valence-electron chi connectivity index (χ4n) is 4.20. The molecule has 6 nitrogen and oxygen atoms in total. The second-order valence-electron chi connectivity index (χ2n) is 8.40. The molecule has 1 fully saturated rings. The Hall–Kier alpha value is -2.86. The lowest BCUT2D eigenvalue weighted by Crippen LogP contribution is -2.50. The van der Waals surface area contributed by atoms with E-state index in [0.717, 1.165) is 19.2 Å². The Morgan fingerprint density at radius 3 is 2.47 bits per heavy atom. The maximum atomic E-state index is 13.7. The van der Waals surface area contributed by atoms with Gasteiger partial charge in [0.15, 0.2) is 0 Å². The number of likely N-dealkylation sites (tertiary alicyclic amines) is 1. The van der Waals surface area contributed by atoms with Gasteiger partial charge in [-0.2, -0.15) is 26.3 Å². The molecule has 1 saturated heterocycles. The van der Waals surface area contributed by atoms with Crippen LogP contribution in [0.1, 0.15) is 30.0 Å². The number of piperidine rings is 1. The molecule has 0 bridgehead atoms. The molecular formula is C22H23F6N5O. The van der Waals surface area contributed by atoms with Gasteiger partial charge < -0.3 is 15.3 Å². The van der Waals surface area contributed by atoms with Crippen molar-refractivity contribution in [1.82, 2.24) is 19.5 Å². The number of likely N-dealkylation sites (N-methyl/N-ethyl adjacent to an activating group) is 1. The number of halogens is 6. The predicted molar refractivity (Wildman–Crippen MR) is 113 cm³/mol. The van der Waals surface area contributed by atoms with Gasteiger partial charge in [-0.1, -0.05) is 13.0 Å². The highest BCUT2D eigenvalue weighted by molar-refractivity contribution is 5.81. The topological polar surface area (TPSA) is 65.7 Å². The van der Waals surface area contributed by atoms with Crippen LogP contribution < -0.4 is 5.32 Å². The quantitative estimate of drug-likeness (QED) is 0.527. The van der Waals surface area contributed by atoms with Crippen molar-refractivity contribution in [3.63, 3.8) is 0 Å². The molecule has 0 saturated carbocycles. The molecule has 3 heterocycles. The molecule has 0 unspecified atom stereocenters. The van der Waals surface area contributed by atoms with E-state index < -0.39 is 35.1 Å². The van der Waals surface area contributed by atoms with Gasteiger partial charge >= 0.3 is 12.4 Å². The minimum atomic E-state index is -5.04. The van der Waals surface area contributed by atoms with Gasteiger partial charge in [-0.05, 0) is 43.7 Å². The number of benzene rings is 1. The van der Waals surface area contributed by atoms with E-state index in [9.17, 15) is 31.4 Å². The maximum absolute atomic E-state index is 13.7. The molecular weight excluding hydrogens is 464 g/mol. The zero-order valence-corrected chi connectivity index (χ0v) is 18.4. The molecule has 2 N–H and O–H groups in total. The Morgan fingerprint density at radius 1 is 1.09 bits per heavy atom. The number of nitrogens with one attached hydrogen (secondary N) is 1. The first-order valence-electron chi connectivity index (χ1n) is 10.7. The fraction of sp³-hybridized carbons (Fsp3) is 0.455. The van der Waals surface area contributed by atoms with Crippen molar-refractivity contribution in [3.05, 3.63) is 47.2 Å². The van der Waals surface area contributed by atoms with E-state index in [2.05, 4.69) is 20.4 Å². The molecule has 34 heavy (non-hydrogen) atoms. The monoisotopic (exact) mass is 487 g/mol. The van der Waals surface area contributed by atoms with Crippen LogP contribution in [0.15, 0.2) is 30.5 Å². The standard InChI is InChI=1S/C22H23F6N5O/c1-3-32-7-6-18(34)16(11-32)29-20-31-30-19(17-8-12(2)10-33(17)20)14-5-4-13(21(23,24)25)9-15(14)22(26,27)28/h4-5,8-10,16,18,34H,3,6-7,11H2,1-2H3,(H,29,31)/t16-,18+/m0/s1. The van der Waals surface area contributed by atoms with Gasteiger partial charge in [0, 0.05) is 24.8 Å². The van der Waals surface area contributed by atoms with Gasteiger partial charge in [-0.15, -0.1) is 10.2 Å². The highest BCUT2D eigenvalue weighted by Gasteiger charge is 2.39. The molecule has 0 spiro atoms. The molecule has 3 aromatic rings. The summed E-state index contributed by atoms with van der Waals surface area (Å²) in [5, 5.41) is 21.6. The summed E-state index contributed by atoms with van der Waals surface area (Å²) in [5.74, 6) is 0.217. The van der Waals surface area contributed by atoms with Crippen molar-refractivity contribution in [3.8, 4) is 11.3 Å². The SMILES string of the molecule is CCN1CC[C@@H](O)[C@@H](Nc2nnc(-c3ccc(C(F)(F)F)cc3C(F)(F)F)c3cc(C)cn23)C1. The minimum absolute atomic E-state index is 0.0905. The fourth-order valence-corrected chi connectivity index (χ4v) is 4.20. The number of aromatic nitrogens is 3. The Balaban J connectivity index is 1.81. The number of aliphatic hydroxyl groups is 1. The van der Waals surface area contributed by atoms with Crippen LogP contribution >= 0.6 is 0 Å². The van der Waals surface area contributed by atoms with Crippen LogP contribution in [-0.4, -0.2) is 56.4 Å². The van der Waals surface area contributed by atoms with Gasteiger partial charge in [0.25, 0.3) is 0 Å². The largest absolute Gasteiger partial charge is 0.417 e. The van der Waals surface area contributed by atoms with E-state index in [1.807, 2.05) is 6.92 Å². The smallest absolute Gasteiger partial charge is 0.391 e. The number of aliphatic hydroxyl groups excluding tert-OH is 1. The van der Waals surface area contributed by atoms with Gasteiger partial charge in [0.1, 0.15) is 5.69 Å². The molecule has 2 atom stereocenters. The number of rotatable bonds is 4. The van der Waals surface area contributed by atoms with Crippen molar-refractivity contribution in [2.45, 2.75) is 44.8 Å². The highest BCUT2D eigenvalue weighted by atomic mass is 19.4. The van der Waals surface area contributed by atoms with Crippen LogP contribution in [0.5, 0.6) is 0 Å². The maximum Gasteiger partial charge on any atom is 0.417 e. The van der Waals surface area contributed by atoms with E-state index in [4.69, 9.17) is 0 Å². The molecule has 0 aliphatic carbocycles. The number of fused-ring (bicyclic) bond motifs is 1. The molecule has 12 heteroatoms. The number of hydrogen-bond donors (Lipinski definition) is 2. The summed E-state index contributed by atoms with van der Waals surface area (Å²) < 4.78 is 82.0. The van der Waals surface area contributed by atoms with Crippen molar-refractivity contribution < 1.29 is 31.4 Å². The van der Waals surface area contributed by atoms with Crippen molar-refractivity contribution in [1.29, 1.82) is 0 Å². The van der Waals surface area contributed by atoms with Gasteiger partial charge in [0.05, 0.1) is 28.8 Å². The average molecular weight is 487 g/mol. The lowest BCUT2D eigenvalue weighted by Gasteiger charge is -2.36. The summed E-state index contributed by atoms with van der Waals surface area (Å²) in [6.45, 7) is 5.81. The molecule has 1 aromatic carbocycles. The number of hydrogen-bond acceptors (Lipinski definition) is 5. The normalized spacial score (nSPS) is 20.1. The van der Waals surface area contributed by atoms with Crippen molar-refractivity contribution >= 4 is 11.5 Å². The predicted octanol–water partition coefficient (Wildman–Crippen LogP) is 4.61. The minimum Gasteiger partial charge on any atom is -0.391 e. The second kappa shape index (κ2) is 8.73. The molecule has 2 aromatic heterocycles. The van der Waals surface area contributed by atoms with Crippen LogP contribution in [0.25, 0.3) is 16.8 Å². The third-order valence-corrected chi connectivity index (χ3v) is 6.00. The summed E-state index contributed by atoms with van der Waals surface area (Å²) in [4.78, 5) is 2.14. The number of aryl methyl sites for hydroxylation is 1. The summed E-state index contributed by atoms with van der Waals surface area (Å²) in [7, 11) is 0. The van der Waals surface area contributed by atoms with E-state index in [0.29, 0.717) is 24.6 Å². The lowest BCUT2D eigenvalue weighted by atomic mass is 10.00. The summed E-state index contributed by atoms with van der Waals surface area (Å²) in [5.41, 5.74) is -2.60. The Labute approximate surface area is 191 Å². The van der Waals surface area contributed by atoms with E-state index in [-0.39, 0.29) is 29.3 Å². The second-order valence-corrected chi connectivity index (χ2v) is 8.40. The van der Waals surface area contributed by atoms with Crippen molar-refractivity contribution in [2.24, 2.45) is 0 Å². The van der Waals surface area contributed by atoms with E-state index in [1.165, 1.54) is 4.40 Å². The van der Waals surface area contributed by atoms with Gasteiger partial charge in [-0.3, -0.25) is 4.40 Å². The third kappa shape index (κ3) is 4.69. The molecule has 4 rings (SSSR count). The first-order valence-corrected chi connectivity index (χ1v) is 10.7. The third-order valence-electron chi connectivity index (χ3n) is 6.00. The number of alkyl halides is 6. The Kier molecular flexibility index (Phi) is 6.23. The number of nitrogens with zero attached hydrogens (tertiary/aromatic N) is 4. The van der Waals surface area contributed by atoms with Gasteiger partial charge in [0.2, 0.25) is 5.95 Å². The Bertz CT molecular complexity index is 1190. The van der Waals surface area contributed by atoms with E-state index >= 15 is 0 Å². The van der Waals surface area contributed by atoms with Crippen LogP contribution in [0.3, 0.4) is 0 Å². The van der Waals surface area contributed by atoms with Gasteiger partial charge in [-0.25, -0.2) is 0 Å². The molecule has 184 valence electrons. The van der Waals surface area contributed by atoms with Crippen LogP contribution in [-0.2, 0) is 12.4 Å². The first kappa shape index (κ1) is 24.3. The summed E-state index contributed by atoms with van der Waals surface area (Å²) >= 11 is 0. The van der Waals surface area contributed by atoms with Crippen LogP contribution in [0, 0.1) is 6.92 Å². The zero-order valence-electron chi connectivity index (χ0n) is 18.4. The molecule has 1 aliphatic rings. The van der Waals surface area contributed by atoms with Crippen molar-refractivity contribution in [2.75, 3.05) is 25.0 Å². The number of anilines is 1. The highest BCUT2D eigenvalue weighted by Crippen LogP contribution is 2.41. The van der Waals surface area contributed by atoms with Crippen LogP contribution in [0.4, 0.5) is 32.3 Å². The molecule has 0 radical (unpaired) electrons. The zero-order chi connectivity index (χ0) is 24.8. The summed E-state index contributed by atoms with van der Waals surface area (Å²) in [6, 6.07) is 2.67.